The second kappa shape index (κ2) is 13.0. The van der Waals surface area contributed by atoms with Crippen molar-refractivity contribution < 1.29 is 20.1 Å². The van der Waals surface area contributed by atoms with Crippen LogP contribution in [0.25, 0.3) is 0 Å². The Morgan fingerprint density at radius 3 is 2.77 bits per heavy atom. The van der Waals surface area contributed by atoms with Gasteiger partial charge in [-0.25, -0.2) is 0 Å². The van der Waals surface area contributed by atoms with Crippen LogP contribution in [-0.4, -0.2) is 39.2 Å². The predicted octanol–water partition coefficient (Wildman–Crippen LogP) is 4.02. The lowest BCUT2D eigenvalue weighted by Gasteiger charge is -2.15. The van der Waals surface area contributed by atoms with Crippen LogP contribution in [0.2, 0.25) is 0 Å². The average Bonchev–Trinajstić information content (AvgIpc) is 2.91. The van der Waals surface area contributed by atoms with E-state index in [2.05, 4.69) is 13.0 Å². The van der Waals surface area contributed by atoms with Gasteiger partial charge in [-0.1, -0.05) is 44.8 Å². The number of hydrogen-bond donors (Lipinski definition) is 3. The largest absolute Gasteiger partial charge is 0.481 e. The highest BCUT2D eigenvalue weighted by molar-refractivity contribution is 8.03. The number of aliphatic hydroxyl groups is 2. The Balaban J connectivity index is 2.53. The number of carboxylic acid groups (broad SMARTS) is 1. The first-order chi connectivity index (χ1) is 12.5. The minimum atomic E-state index is -0.770. The molecule has 0 aliphatic heterocycles. The average molecular weight is 382 g/mol. The number of carboxylic acids is 1. The minimum Gasteiger partial charge on any atom is -0.481 e. The Hall–Kier alpha value is -1.29. The monoisotopic (exact) mass is 381 g/mol. The molecule has 5 nitrogen and oxygen atoms in total. The predicted molar refractivity (Wildman–Crippen MR) is 105 cm³/mol. The molecule has 1 aliphatic rings. The fraction of sp³-hybridized carbons (Fsp3) is 0.700. The maximum absolute atomic E-state index is 10.5. The fourth-order valence-electron chi connectivity index (χ4n) is 3.00. The molecule has 3 N–H and O–H groups in total. The summed E-state index contributed by atoms with van der Waals surface area (Å²) in [6.45, 7) is 2.12. The summed E-state index contributed by atoms with van der Waals surface area (Å²) in [5.74, 6) is -0.195. The topological polar surface area (TPSA) is 102 Å². The number of nitriles is 1. The third-order valence-corrected chi connectivity index (χ3v) is 5.82. The molecule has 0 amide bonds. The van der Waals surface area contributed by atoms with Gasteiger partial charge >= 0.3 is 5.97 Å². The lowest BCUT2D eigenvalue weighted by molar-refractivity contribution is -0.137. The third-order valence-electron chi connectivity index (χ3n) is 4.50. The van der Waals surface area contributed by atoms with E-state index in [4.69, 9.17) is 5.11 Å². The van der Waals surface area contributed by atoms with Gasteiger partial charge in [-0.15, -0.1) is 11.8 Å². The molecule has 0 heterocycles. The summed E-state index contributed by atoms with van der Waals surface area (Å²) in [5, 5.41) is 38.3. The van der Waals surface area contributed by atoms with Crippen LogP contribution in [0.5, 0.6) is 0 Å². The van der Waals surface area contributed by atoms with Crippen LogP contribution in [0.15, 0.2) is 22.6 Å². The highest BCUT2D eigenvalue weighted by Crippen LogP contribution is 2.40. The zero-order chi connectivity index (χ0) is 19.4. The summed E-state index contributed by atoms with van der Waals surface area (Å²) >= 11 is 1.58. The highest BCUT2D eigenvalue weighted by Gasteiger charge is 2.32. The van der Waals surface area contributed by atoms with Gasteiger partial charge in [0.1, 0.15) is 0 Å². The van der Waals surface area contributed by atoms with Gasteiger partial charge in [-0.3, -0.25) is 4.79 Å². The van der Waals surface area contributed by atoms with E-state index in [1.54, 1.807) is 17.8 Å². The van der Waals surface area contributed by atoms with Crippen molar-refractivity contribution in [3.8, 4) is 6.07 Å². The molecule has 0 aromatic carbocycles. The molecule has 0 bridgehead atoms. The van der Waals surface area contributed by atoms with Crippen molar-refractivity contribution in [2.75, 3.05) is 5.75 Å². The van der Waals surface area contributed by atoms with Crippen molar-refractivity contribution in [1.82, 2.24) is 0 Å². The fourth-order valence-corrected chi connectivity index (χ4v) is 4.30. The Labute approximate surface area is 160 Å². The molecule has 0 aromatic heterocycles. The Morgan fingerprint density at radius 1 is 1.35 bits per heavy atom. The molecule has 3 atom stereocenters. The van der Waals surface area contributed by atoms with Gasteiger partial charge in [-0.05, 0) is 25.0 Å². The number of carbonyl (C=O) groups is 1. The van der Waals surface area contributed by atoms with E-state index in [1.807, 2.05) is 6.08 Å². The maximum Gasteiger partial charge on any atom is 0.303 e. The van der Waals surface area contributed by atoms with E-state index >= 15 is 0 Å². The molecule has 1 rings (SSSR count). The molecule has 26 heavy (non-hydrogen) atoms. The summed E-state index contributed by atoms with van der Waals surface area (Å²) in [6.07, 6.45) is 9.31. The first-order valence-electron chi connectivity index (χ1n) is 9.51. The third kappa shape index (κ3) is 8.39. The zero-order valence-corrected chi connectivity index (χ0v) is 16.4. The normalized spacial score (nSPS) is 21.3. The highest BCUT2D eigenvalue weighted by atomic mass is 32.2. The quantitative estimate of drug-likeness (QED) is 0.329. The molecule has 0 unspecified atom stereocenters. The van der Waals surface area contributed by atoms with E-state index in [-0.39, 0.29) is 12.3 Å². The number of nitrogens with zero attached hydrogens (tertiary/aromatic N) is 1. The minimum absolute atomic E-state index is 0.191. The number of aliphatic hydroxyl groups excluding tert-OH is 2. The van der Waals surface area contributed by atoms with Crippen LogP contribution < -0.4 is 0 Å². The zero-order valence-electron chi connectivity index (χ0n) is 15.6. The molecule has 146 valence electrons. The van der Waals surface area contributed by atoms with E-state index in [1.165, 1.54) is 0 Å². The molecular formula is C20H31NO4S. The number of thioether (sulfide) groups is 1. The van der Waals surface area contributed by atoms with Gasteiger partial charge in [0, 0.05) is 29.2 Å². The second-order valence-corrected chi connectivity index (χ2v) is 7.89. The van der Waals surface area contributed by atoms with Crippen LogP contribution >= 0.6 is 11.8 Å². The van der Waals surface area contributed by atoms with Crippen molar-refractivity contribution in [2.24, 2.45) is 5.92 Å². The SMILES string of the molecule is CCCCC[C@H](O)C=C[C@@H]1C(SCCCCCC(=O)O)=C(C#N)C[C@H]1O. The van der Waals surface area contributed by atoms with Crippen LogP contribution in [-0.2, 0) is 4.79 Å². The van der Waals surface area contributed by atoms with Gasteiger partial charge in [0.15, 0.2) is 0 Å². The molecule has 0 aromatic rings. The number of unbranched alkanes of at least 4 members (excludes halogenated alkanes) is 4. The van der Waals surface area contributed by atoms with Crippen LogP contribution in [0.1, 0.15) is 64.7 Å². The van der Waals surface area contributed by atoms with Crippen LogP contribution in [0.3, 0.4) is 0 Å². The smallest absolute Gasteiger partial charge is 0.303 e. The summed E-state index contributed by atoms with van der Waals surface area (Å²) in [5.41, 5.74) is 0.628. The molecule has 0 saturated carbocycles. The summed E-state index contributed by atoms with van der Waals surface area (Å²) in [4.78, 5) is 11.4. The lowest BCUT2D eigenvalue weighted by Crippen LogP contribution is -2.14. The summed E-state index contributed by atoms with van der Waals surface area (Å²) in [7, 11) is 0. The standard InChI is InChI=1S/C20H31NO4S/c1-2-3-5-8-16(22)10-11-17-18(23)13-15(14-21)20(17)26-12-7-4-6-9-19(24)25/h10-11,16-18,22-23H,2-9,12-13H2,1H3,(H,24,25)/t16-,17-,18+/m0/s1. The molecular weight excluding hydrogens is 350 g/mol. The molecule has 0 fully saturated rings. The van der Waals surface area contributed by atoms with Crippen molar-refractivity contribution in [3.63, 3.8) is 0 Å². The molecule has 0 spiro atoms. The molecule has 6 heteroatoms. The van der Waals surface area contributed by atoms with Crippen molar-refractivity contribution in [2.45, 2.75) is 76.9 Å². The van der Waals surface area contributed by atoms with Crippen molar-refractivity contribution in [3.05, 3.63) is 22.6 Å². The molecule has 0 saturated heterocycles. The first kappa shape index (κ1) is 22.8. The van der Waals surface area contributed by atoms with Gasteiger partial charge in [0.2, 0.25) is 0 Å². The van der Waals surface area contributed by atoms with E-state index < -0.39 is 18.2 Å². The van der Waals surface area contributed by atoms with Gasteiger partial charge < -0.3 is 15.3 Å². The van der Waals surface area contributed by atoms with Crippen molar-refractivity contribution in [1.29, 1.82) is 5.26 Å². The van der Waals surface area contributed by atoms with E-state index in [0.29, 0.717) is 24.8 Å². The summed E-state index contributed by atoms with van der Waals surface area (Å²) in [6, 6.07) is 2.20. The first-order valence-corrected chi connectivity index (χ1v) is 10.5. The second-order valence-electron chi connectivity index (χ2n) is 6.75. The maximum atomic E-state index is 10.5. The lowest BCUT2D eigenvalue weighted by atomic mass is 10.0. The Kier molecular flexibility index (Phi) is 11.3. The van der Waals surface area contributed by atoms with Gasteiger partial charge in [-0.2, -0.15) is 5.26 Å². The Bertz CT molecular complexity index is 538. The van der Waals surface area contributed by atoms with Gasteiger partial charge in [0.05, 0.1) is 18.3 Å². The number of rotatable bonds is 13. The molecule has 1 aliphatic carbocycles. The van der Waals surface area contributed by atoms with Gasteiger partial charge in [0.25, 0.3) is 0 Å². The van der Waals surface area contributed by atoms with Crippen LogP contribution in [0, 0.1) is 17.2 Å². The number of hydrogen-bond acceptors (Lipinski definition) is 5. The van der Waals surface area contributed by atoms with E-state index in [0.717, 1.165) is 42.8 Å². The Morgan fingerprint density at radius 2 is 2.12 bits per heavy atom. The summed E-state index contributed by atoms with van der Waals surface area (Å²) < 4.78 is 0. The van der Waals surface area contributed by atoms with Crippen molar-refractivity contribution >= 4 is 17.7 Å². The van der Waals surface area contributed by atoms with E-state index in [9.17, 15) is 20.3 Å². The number of aliphatic carboxylic acids is 1. The van der Waals surface area contributed by atoms with Crippen LogP contribution in [0.4, 0.5) is 0 Å². The molecule has 0 radical (unpaired) electrons.